The molecule has 1 aliphatic rings. The van der Waals surface area contributed by atoms with Crippen molar-refractivity contribution in [3.63, 3.8) is 0 Å². The third-order valence-corrected chi connectivity index (χ3v) is 4.77. The Hall–Kier alpha value is -2.30. The van der Waals surface area contributed by atoms with E-state index in [2.05, 4.69) is 16.5 Å². The molecule has 1 amide bonds. The van der Waals surface area contributed by atoms with Gasteiger partial charge in [-0.25, -0.2) is 4.98 Å². The quantitative estimate of drug-likeness (QED) is 0.917. The smallest absolute Gasteiger partial charge is 0.223 e. The van der Waals surface area contributed by atoms with Crippen molar-refractivity contribution in [2.75, 3.05) is 6.54 Å². The van der Waals surface area contributed by atoms with Crippen LogP contribution in [0.1, 0.15) is 50.0 Å². The van der Waals surface area contributed by atoms with Gasteiger partial charge in [-0.2, -0.15) is 0 Å². The standard InChI is InChI=1S/C19H25N3O2/c1-2-21-14-12-20-19(21)17-5-3-4-13-22(17)18(24)11-8-15-6-9-16(23)10-7-15/h6-7,9-10,12,14,17,23H,2-5,8,11,13H2,1H3/t17-/m0/s1. The molecule has 1 fully saturated rings. The maximum absolute atomic E-state index is 12.8. The molecular weight excluding hydrogens is 302 g/mol. The molecule has 2 heterocycles. The number of piperidine rings is 1. The lowest BCUT2D eigenvalue weighted by atomic mass is 10.00. The van der Waals surface area contributed by atoms with E-state index in [0.717, 1.165) is 43.7 Å². The number of phenolic OH excluding ortho intramolecular Hbond substituents is 1. The van der Waals surface area contributed by atoms with E-state index in [1.54, 1.807) is 12.1 Å². The third-order valence-electron chi connectivity index (χ3n) is 4.77. The molecule has 0 aliphatic carbocycles. The summed E-state index contributed by atoms with van der Waals surface area (Å²) < 4.78 is 2.14. The molecule has 3 rings (SSSR count). The predicted octanol–water partition coefficient (Wildman–Crippen LogP) is 3.30. The van der Waals surface area contributed by atoms with Crippen LogP contribution in [0.4, 0.5) is 0 Å². The topological polar surface area (TPSA) is 58.4 Å². The lowest BCUT2D eigenvalue weighted by molar-refractivity contribution is -0.135. The van der Waals surface area contributed by atoms with Gasteiger partial charge in [0.15, 0.2) is 0 Å². The number of phenols is 1. The first-order valence-electron chi connectivity index (χ1n) is 8.77. The molecule has 5 heteroatoms. The SMILES string of the molecule is CCn1ccnc1[C@@H]1CCCCN1C(=O)CCc1ccc(O)cc1. The summed E-state index contributed by atoms with van der Waals surface area (Å²) in [6.45, 7) is 3.79. The summed E-state index contributed by atoms with van der Waals surface area (Å²) in [6, 6.07) is 7.18. The van der Waals surface area contributed by atoms with E-state index in [4.69, 9.17) is 0 Å². The zero-order valence-electron chi connectivity index (χ0n) is 14.2. The highest BCUT2D eigenvalue weighted by Crippen LogP contribution is 2.30. The molecule has 1 atom stereocenters. The van der Waals surface area contributed by atoms with E-state index >= 15 is 0 Å². The van der Waals surface area contributed by atoms with Gasteiger partial charge in [0.05, 0.1) is 6.04 Å². The monoisotopic (exact) mass is 327 g/mol. The number of carbonyl (C=O) groups is 1. The molecule has 0 bridgehead atoms. The second-order valence-corrected chi connectivity index (χ2v) is 6.34. The van der Waals surface area contributed by atoms with Crippen molar-refractivity contribution in [2.45, 2.75) is 51.6 Å². The van der Waals surface area contributed by atoms with E-state index in [1.165, 1.54) is 0 Å². The van der Waals surface area contributed by atoms with Crippen LogP contribution in [0.5, 0.6) is 5.75 Å². The van der Waals surface area contributed by atoms with Crippen LogP contribution >= 0.6 is 0 Å². The molecule has 2 aromatic rings. The lowest BCUT2D eigenvalue weighted by Crippen LogP contribution is -2.39. The molecule has 0 unspecified atom stereocenters. The summed E-state index contributed by atoms with van der Waals surface area (Å²) in [6.07, 6.45) is 8.20. The first kappa shape index (κ1) is 16.6. The van der Waals surface area contributed by atoms with Crippen LogP contribution in [0, 0.1) is 0 Å². The Morgan fingerprint density at radius 2 is 2.08 bits per heavy atom. The average Bonchev–Trinajstić information content (AvgIpc) is 3.09. The van der Waals surface area contributed by atoms with Crippen LogP contribution in [-0.4, -0.2) is 32.0 Å². The number of aryl methyl sites for hydroxylation is 2. The minimum Gasteiger partial charge on any atom is -0.508 e. The molecule has 128 valence electrons. The molecule has 1 saturated heterocycles. The van der Waals surface area contributed by atoms with E-state index in [0.29, 0.717) is 12.8 Å². The molecular formula is C19H25N3O2. The van der Waals surface area contributed by atoms with Crippen molar-refractivity contribution < 1.29 is 9.90 Å². The number of hydrogen-bond acceptors (Lipinski definition) is 3. The number of imidazole rings is 1. The van der Waals surface area contributed by atoms with Crippen molar-refractivity contribution in [2.24, 2.45) is 0 Å². The fourth-order valence-electron chi connectivity index (χ4n) is 3.44. The van der Waals surface area contributed by atoms with Crippen LogP contribution in [0.25, 0.3) is 0 Å². The fraction of sp³-hybridized carbons (Fsp3) is 0.474. The van der Waals surface area contributed by atoms with Gasteiger partial charge in [-0.3, -0.25) is 4.79 Å². The van der Waals surface area contributed by atoms with E-state index in [9.17, 15) is 9.90 Å². The Morgan fingerprint density at radius 1 is 1.29 bits per heavy atom. The number of rotatable bonds is 5. The number of amides is 1. The summed E-state index contributed by atoms with van der Waals surface area (Å²) >= 11 is 0. The Bertz CT molecular complexity index is 678. The van der Waals surface area contributed by atoms with Gasteiger partial charge < -0.3 is 14.6 Å². The average molecular weight is 327 g/mol. The first-order valence-corrected chi connectivity index (χ1v) is 8.77. The highest BCUT2D eigenvalue weighted by Gasteiger charge is 2.30. The second kappa shape index (κ2) is 7.51. The summed E-state index contributed by atoms with van der Waals surface area (Å²) in [4.78, 5) is 19.3. The summed E-state index contributed by atoms with van der Waals surface area (Å²) in [5.41, 5.74) is 1.07. The maximum atomic E-state index is 12.8. The van der Waals surface area contributed by atoms with Crippen molar-refractivity contribution in [3.05, 3.63) is 48.0 Å². The zero-order chi connectivity index (χ0) is 16.9. The minimum atomic E-state index is 0.0982. The van der Waals surface area contributed by atoms with Crippen molar-refractivity contribution in [3.8, 4) is 5.75 Å². The Kier molecular flexibility index (Phi) is 5.18. The minimum absolute atomic E-state index is 0.0982. The van der Waals surface area contributed by atoms with Gasteiger partial charge in [0.1, 0.15) is 11.6 Å². The third kappa shape index (κ3) is 3.61. The summed E-state index contributed by atoms with van der Waals surface area (Å²) in [7, 11) is 0. The molecule has 5 nitrogen and oxygen atoms in total. The Balaban J connectivity index is 1.68. The zero-order valence-corrected chi connectivity index (χ0v) is 14.2. The number of likely N-dealkylation sites (tertiary alicyclic amines) is 1. The highest BCUT2D eigenvalue weighted by molar-refractivity contribution is 5.77. The van der Waals surface area contributed by atoms with E-state index in [1.807, 2.05) is 29.4 Å². The number of hydrogen-bond donors (Lipinski definition) is 1. The molecule has 24 heavy (non-hydrogen) atoms. The van der Waals surface area contributed by atoms with E-state index < -0.39 is 0 Å². The number of benzene rings is 1. The number of carbonyl (C=O) groups excluding carboxylic acids is 1. The molecule has 1 aromatic carbocycles. The predicted molar refractivity (Wildman–Crippen MR) is 92.6 cm³/mol. The van der Waals surface area contributed by atoms with Gasteiger partial charge >= 0.3 is 0 Å². The fourth-order valence-corrected chi connectivity index (χ4v) is 3.44. The van der Waals surface area contributed by atoms with Crippen LogP contribution < -0.4 is 0 Å². The van der Waals surface area contributed by atoms with Gasteiger partial charge in [-0.1, -0.05) is 12.1 Å². The summed E-state index contributed by atoms with van der Waals surface area (Å²) in [5.74, 6) is 1.46. The van der Waals surface area contributed by atoms with Crippen LogP contribution in [0.3, 0.4) is 0 Å². The first-order chi connectivity index (χ1) is 11.7. The van der Waals surface area contributed by atoms with Crippen LogP contribution in [0.2, 0.25) is 0 Å². The van der Waals surface area contributed by atoms with Crippen molar-refractivity contribution >= 4 is 5.91 Å². The maximum Gasteiger partial charge on any atom is 0.223 e. The molecule has 1 N–H and O–H groups in total. The van der Waals surface area contributed by atoms with Crippen LogP contribution in [-0.2, 0) is 17.8 Å². The van der Waals surface area contributed by atoms with Gasteiger partial charge in [-0.05, 0) is 50.3 Å². The van der Waals surface area contributed by atoms with Gasteiger partial charge in [0.2, 0.25) is 5.91 Å². The molecule has 1 aromatic heterocycles. The molecule has 1 aliphatic heterocycles. The van der Waals surface area contributed by atoms with E-state index in [-0.39, 0.29) is 17.7 Å². The Labute approximate surface area is 142 Å². The molecule has 0 saturated carbocycles. The lowest BCUT2D eigenvalue weighted by Gasteiger charge is -2.35. The second-order valence-electron chi connectivity index (χ2n) is 6.34. The van der Waals surface area contributed by atoms with Gasteiger partial charge in [0, 0.05) is 31.9 Å². The molecule has 0 spiro atoms. The number of aromatic hydroxyl groups is 1. The van der Waals surface area contributed by atoms with Crippen molar-refractivity contribution in [1.82, 2.24) is 14.5 Å². The molecule has 0 radical (unpaired) electrons. The largest absolute Gasteiger partial charge is 0.508 e. The van der Waals surface area contributed by atoms with Crippen molar-refractivity contribution in [1.29, 1.82) is 0 Å². The normalized spacial score (nSPS) is 17.9. The number of nitrogens with zero attached hydrogens (tertiary/aromatic N) is 3. The summed E-state index contributed by atoms with van der Waals surface area (Å²) in [5, 5.41) is 9.34. The van der Waals surface area contributed by atoms with Gasteiger partial charge in [0.25, 0.3) is 0 Å². The number of aromatic nitrogens is 2. The van der Waals surface area contributed by atoms with Gasteiger partial charge in [-0.15, -0.1) is 0 Å². The van der Waals surface area contributed by atoms with Crippen LogP contribution in [0.15, 0.2) is 36.7 Å². The highest BCUT2D eigenvalue weighted by atomic mass is 16.3. The Morgan fingerprint density at radius 3 is 2.83 bits per heavy atom.